The first-order valence-corrected chi connectivity index (χ1v) is 8.37. The summed E-state index contributed by atoms with van der Waals surface area (Å²) in [6.07, 6.45) is 3.44. The number of carbonyl (C=O) groups is 2. The maximum Gasteiger partial charge on any atom is 0.258 e. The predicted octanol–water partition coefficient (Wildman–Crippen LogP) is 3.27. The number of hydrogen-bond donors (Lipinski definition) is 1. The highest BCUT2D eigenvalue weighted by atomic mass is 32.1. The molecular weight excluding hydrogens is 286 g/mol. The number of hydrogen-bond acceptors (Lipinski definition) is 4. The summed E-state index contributed by atoms with van der Waals surface area (Å²) in [4.78, 5) is 24.0. The van der Waals surface area contributed by atoms with Crippen molar-refractivity contribution in [3.63, 3.8) is 0 Å². The van der Waals surface area contributed by atoms with E-state index in [1.54, 1.807) is 11.4 Å². The van der Waals surface area contributed by atoms with Gasteiger partial charge < -0.3 is 10.1 Å². The third kappa shape index (κ3) is 4.06. The second-order valence-electron chi connectivity index (χ2n) is 5.90. The van der Waals surface area contributed by atoms with Gasteiger partial charge in [0.1, 0.15) is 10.6 Å². The summed E-state index contributed by atoms with van der Waals surface area (Å²) >= 11 is 1.34. The molecule has 1 heterocycles. The Balaban J connectivity index is 1.85. The number of ether oxygens (including phenoxy) is 1. The molecule has 1 N–H and O–H groups in total. The molecule has 0 aromatic carbocycles. The van der Waals surface area contributed by atoms with Crippen molar-refractivity contribution in [2.45, 2.75) is 46.1 Å². The number of amides is 1. The Bertz CT molecular complexity index is 511. The second kappa shape index (κ2) is 7.07. The molecule has 0 aliphatic heterocycles. The molecule has 1 aliphatic rings. The predicted molar refractivity (Wildman–Crippen MR) is 83.9 cm³/mol. The van der Waals surface area contributed by atoms with E-state index < -0.39 is 0 Å². The van der Waals surface area contributed by atoms with Crippen molar-refractivity contribution in [2.24, 2.45) is 11.8 Å². The smallest absolute Gasteiger partial charge is 0.258 e. The summed E-state index contributed by atoms with van der Waals surface area (Å²) in [6, 6.07) is 1.97. The van der Waals surface area contributed by atoms with Gasteiger partial charge in [-0.15, -0.1) is 11.3 Å². The minimum Gasteiger partial charge on any atom is -0.482 e. The highest BCUT2D eigenvalue weighted by Gasteiger charge is 2.28. The molecule has 1 amide bonds. The molecule has 0 radical (unpaired) electrons. The normalized spacial score (nSPS) is 25.4. The lowest BCUT2D eigenvalue weighted by atomic mass is 9.78. The summed E-state index contributed by atoms with van der Waals surface area (Å²) < 4.78 is 5.48. The molecular formula is C16H23NO3S. The molecule has 1 aromatic rings. The summed E-state index contributed by atoms with van der Waals surface area (Å²) in [5.74, 6) is 1.51. The number of nitrogens with one attached hydrogen (secondary N) is 1. The molecule has 1 aromatic heterocycles. The average molecular weight is 309 g/mol. The van der Waals surface area contributed by atoms with Crippen molar-refractivity contribution < 1.29 is 14.3 Å². The molecule has 1 aliphatic carbocycles. The van der Waals surface area contributed by atoms with E-state index >= 15 is 0 Å². The van der Waals surface area contributed by atoms with Crippen LogP contribution in [0.25, 0.3) is 0 Å². The van der Waals surface area contributed by atoms with Crippen molar-refractivity contribution in [3.05, 3.63) is 16.3 Å². The SMILES string of the molecule is CC(=O)c1sccc1OCC(=O)N[C@@H]1CCC[C@@H](C)[C@@H]1C. The van der Waals surface area contributed by atoms with Crippen LogP contribution in [-0.2, 0) is 4.79 Å². The largest absolute Gasteiger partial charge is 0.482 e. The van der Waals surface area contributed by atoms with E-state index in [9.17, 15) is 9.59 Å². The number of Topliss-reactive ketones (excluding diaryl/α,β-unsaturated/α-hetero) is 1. The van der Waals surface area contributed by atoms with Crippen molar-refractivity contribution in [1.29, 1.82) is 0 Å². The molecule has 0 spiro atoms. The van der Waals surface area contributed by atoms with Gasteiger partial charge >= 0.3 is 0 Å². The van der Waals surface area contributed by atoms with E-state index in [4.69, 9.17) is 4.74 Å². The Kier molecular flexibility index (Phi) is 5.39. The lowest BCUT2D eigenvalue weighted by Gasteiger charge is -2.34. The van der Waals surface area contributed by atoms with Gasteiger partial charge in [-0.05, 0) is 29.7 Å². The van der Waals surface area contributed by atoms with E-state index in [1.165, 1.54) is 24.7 Å². The first-order valence-electron chi connectivity index (χ1n) is 7.49. The van der Waals surface area contributed by atoms with E-state index in [0.29, 0.717) is 22.5 Å². The molecule has 116 valence electrons. The van der Waals surface area contributed by atoms with E-state index in [2.05, 4.69) is 19.2 Å². The van der Waals surface area contributed by atoms with Crippen LogP contribution in [0.5, 0.6) is 5.75 Å². The van der Waals surface area contributed by atoms with Crippen LogP contribution in [0, 0.1) is 11.8 Å². The van der Waals surface area contributed by atoms with E-state index in [1.807, 2.05) is 0 Å². The van der Waals surface area contributed by atoms with Gasteiger partial charge in [0.25, 0.3) is 5.91 Å². The molecule has 0 unspecified atom stereocenters. The third-order valence-corrected chi connectivity index (χ3v) is 5.36. The number of thiophene rings is 1. The number of rotatable bonds is 5. The van der Waals surface area contributed by atoms with Gasteiger partial charge in [-0.3, -0.25) is 9.59 Å². The van der Waals surface area contributed by atoms with Crippen LogP contribution in [-0.4, -0.2) is 24.3 Å². The summed E-state index contributed by atoms with van der Waals surface area (Å²) in [5, 5.41) is 4.87. The second-order valence-corrected chi connectivity index (χ2v) is 6.82. The Morgan fingerprint density at radius 1 is 1.38 bits per heavy atom. The molecule has 2 rings (SSSR count). The Morgan fingerprint density at radius 3 is 2.86 bits per heavy atom. The summed E-state index contributed by atoms with van der Waals surface area (Å²) in [7, 11) is 0. The maximum absolute atomic E-state index is 12.0. The molecule has 3 atom stereocenters. The standard InChI is InChI=1S/C16H23NO3S/c1-10-5-4-6-13(11(10)2)17-15(19)9-20-14-7-8-21-16(14)12(3)18/h7-8,10-11,13H,4-6,9H2,1-3H3,(H,17,19)/t10-,11+,13-/m1/s1. The highest BCUT2D eigenvalue weighted by molar-refractivity contribution is 7.12. The zero-order valence-corrected chi connectivity index (χ0v) is 13.7. The molecule has 0 saturated heterocycles. The highest BCUT2D eigenvalue weighted by Crippen LogP contribution is 2.29. The van der Waals surface area contributed by atoms with Crippen LogP contribution < -0.4 is 10.1 Å². The van der Waals surface area contributed by atoms with Crippen LogP contribution in [0.2, 0.25) is 0 Å². The lowest BCUT2D eigenvalue weighted by Crippen LogP contribution is -2.45. The van der Waals surface area contributed by atoms with Crippen molar-refractivity contribution in [1.82, 2.24) is 5.32 Å². The fraction of sp³-hybridized carbons (Fsp3) is 0.625. The molecule has 0 bridgehead atoms. The van der Waals surface area contributed by atoms with Crippen LogP contribution >= 0.6 is 11.3 Å². The zero-order valence-electron chi connectivity index (χ0n) is 12.8. The fourth-order valence-corrected chi connectivity index (χ4v) is 3.58. The molecule has 1 saturated carbocycles. The van der Waals surface area contributed by atoms with Gasteiger partial charge in [0, 0.05) is 13.0 Å². The molecule has 4 nitrogen and oxygen atoms in total. The quantitative estimate of drug-likeness (QED) is 0.849. The third-order valence-electron chi connectivity index (χ3n) is 4.36. The average Bonchev–Trinajstić information content (AvgIpc) is 2.90. The molecule has 5 heteroatoms. The van der Waals surface area contributed by atoms with Crippen LogP contribution in [0.3, 0.4) is 0 Å². The summed E-state index contributed by atoms with van der Waals surface area (Å²) in [5.41, 5.74) is 0. The Labute approximate surface area is 129 Å². The lowest BCUT2D eigenvalue weighted by molar-refractivity contribution is -0.124. The first-order chi connectivity index (χ1) is 9.99. The van der Waals surface area contributed by atoms with Crippen LogP contribution in [0.15, 0.2) is 11.4 Å². The Morgan fingerprint density at radius 2 is 2.14 bits per heavy atom. The van der Waals surface area contributed by atoms with Crippen molar-refractivity contribution in [2.75, 3.05) is 6.61 Å². The van der Waals surface area contributed by atoms with Crippen LogP contribution in [0.4, 0.5) is 0 Å². The van der Waals surface area contributed by atoms with Gasteiger partial charge in [-0.25, -0.2) is 0 Å². The zero-order chi connectivity index (χ0) is 15.4. The van der Waals surface area contributed by atoms with Gasteiger partial charge in [-0.1, -0.05) is 26.7 Å². The topological polar surface area (TPSA) is 55.4 Å². The van der Waals surface area contributed by atoms with Gasteiger partial charge in [-0.2, -0.15) is 0 Å². The van der Waals surface area contributed by atoms with Gasteiger partial charge in [0.15, 0.2) is 12.4 Å². The number of ketones is 1. The van der Waals surface area contributed by atoms with Crippen molar-refractivity contribution in [3.8, 4) is 5.75 Å². The van der Waals surface area contributed by atoms with Gasteiger partial charge in [0.2, 0.25) is 0 Å². The molecule has 21 heavy (non-hydrogen) atoms. The molecule has 1 fully saturated rings. The Hall–Kier alpha value is -1.36. The fourth-order valence-electron chi connectivity index (χ4n) is 2.85. The van der Waals surface area contributed by atoms with Gasteiger partial charge in [0.05, 0.1) is 0 Å². The maximum atomic E-state index is 12.0. The van der Waals surface area contributed by atoms with E-state index in [-0.39, 0.29) is 24.3 Å². The van der Waals surface area contributed by atoms with Crippen LogP contribution in [0.1, 0.15) is 49.7 Å². The minimum absolute atomic E-state index is 0.0323. The minimum atomic E-state index is -0.110. The van der Waals surface area contributed by atoms with E-state index in [0.717, 1.165) is 12.8 Å². The van der Waals surface area contributed by atoms with Crippen molar-refractivity contribution >= 4 is 23.0 Å². The summed E-state index contributed by atoms with van der Waals surface area (Å²) in [6.45, 7) is 5.91. The first kappa shape index (κ1) is 16.0. The monoisotopic (exact) mass is 309 g/mol. The number of carbonyl (C=O) groups excluding carboxylic acids is 2.